The molecule has 0 atom stereocenters. The van der Waals surface area contributed by atoms with Crippen molar-refractivity contribution in [1.82, 2.24) is 0 Å². The molecule has 0 aliphatic carbocycles. The van der Waals surface area contributed by atoms with Crippen molar-refractivity contribution < 1.29 is 23.5 Å². The van der Waals surface area contributed by atoms with Gasteiger partial charge in [0.05, 0.1) is 5.39 Å². The molecule has 0 N–H and O–H groups in total. The summed E-state index contributed by atoms with van der Waals surface area (Å²) in [4.78, 5) is 36.0. The van der Waals surface area contributed by atoms with Crippen LogP contribution >= 0.6 is 0 Å². The van der Waals surface area contributed by atoms with Crippen molar-refractivity contribution in [2.45, 2.75) is 20.8 Å². The molecule has 0 amide bonds. The summed E-state index contributed by atoms with van der Waals surface area (Å²) in [6.45, 7) is 12.0. The molecule has 1 heterocycles. The topological polar surface area (TPSA) is 82.8 Å². The predicted molar refractivity (Wildman–Crippen MR) is 114 cm³/mol. The number of hydrogen-bond donors (Lipinski definition) is 0. The summed E-state index contributed by atoms with van der Waals surface area (Å²) in [5.74, 6) is -0.0847. The number of rotatable bonds is 5. The third-order valence-electron chi connectivity index (χ3n) is 4.27. The summed E-state index contributed by atoms with van der Waals surface area (Å²) in [6, 6.07) is 11.0. The van der Waals surface area contributed by atoms with E-state index in [0.29, 0.717) is 33.8 Å². The van der Waals surface area contributed by atoms with E-state index in [2.05, 4.69) is 13.2 Å². The predicted octanol–water partition coefficient (Wildman–Crippen LogP) is 4.73. The minimum Gasteiger partial charge on any atom is -0.456 e. The van der Waals surface area contributed by atoms with E-state index in [1.54, 1.807) is 44.2 Å². The highest BCUT2D eigenvalue weighted by Gasteiger charge is 2.13. The first-order chi connectivity index (χ1) is 14.2. The molecule has 152 valence electrons. The fraction of sp³-hybridized carbons (Fsp3) is 0.125. The first kappa shape index (κ1) is 20.8. The highest BCUT2D eigenvalue weighted by Crippen LogP contribution is 2.29. The van der Waals surface area contributed by atoms with E-state index in [1.807, 2.05) is 0 Å². The summed E-state index contributed by atoms with van der Waals surface area (Å²) in [7, 11) is 0. The Morgan fingerprint density at radius 3 is 2.20 bits per heavy atom. The quantitative estimate of drug-likeness (QED) is 0.347. The van der Waals surface area contributed by atoms with Crippen LogP contribution in [0.3, 0.4) is 0 Å². The van der Waals surface area contributed by atoms with Crippen LogP contribution in [-0.2, 0) is 9.59 Å². The van der Waals surface area contributed by atoms with Gasteiger partial charge in [0, 0.05) is 22.8 Å². The SMILES string of the molecule is C=C(C)C(=O)Oc1ccc2oc(-c3ccc(OC(=O)C(=C)C)c(C)c3)cc(=O)c2c1. The van der Waals surface area contributed by atoms with E-state index in [4.69, 9.17) is 13.9 Å². The number of carbonyl (C=O) groups is 2. The number of esters is 2. The van der Waals surface area contributed by atoms with Gasteiger partial charge in [0.1, 0.15) is 22.8 Å². The minimum atomic E-state index is -0.571. The molecule has 0 unspecified atom stereocenters. The van der Waals surface area contributed by atoms with Crippen molar-refractivity contribution in [3.63, 3.8) is 0 Å². The van der Waals surface area contributed by atoms with Gasteiger partial charge in [0.25, 0.3) is 0 Å². The van der Waals surface area contributed by atoms with Crippen LogP contribution in [0.2, 0.25) is 0 Å². The smallest absolute Gasteiger partial charge is 0.338 e. The number of aryl methyl sites for hydroxylation is 1. The monoisotopic (exact) mass is 404 g/mol. The van der Waals surface area contributed by atoms with Crippen molar-refractivity contribution >= 4 is 22.9 Å². The average Bonchev–Trinajstić information content (AvgIpc) is 2.69. The summed E-state index contributed by atoms with van der Waals surface area (Å²) in [5.41, 5.74) is 1.97. The molecular formula is C24H20O6. The van der Waals surface area contributed by atoms with Crippen LogP contribution in [0.5, 0.6) is 11.5 Å². The molecule has 0 aliphatic rings. The zero-order chi connectivity index (χ0) is 22.0. The number of carbonyl (C=O) groups excluding carboxylic acids is 2. The van der Waals surface area contributed by atoms with Gasteiger partial charge < -0.3 is 13.9 Å². The molecule has 0 bridgehead atoms. The molecule has 0 fully saturated rings. The van der Waals surface area contributed by atoms with Crippen molar-refractivity contribution in [2.75, 3.05) is 0 Å². The Bertz CT molecular complexity index is 1260. The van der Waals surface area contributed by atoms with Gasteiger partial charge >= 0.3 is 11.9 Å². The van der Waals surface area contributed by atoms with Crippen LogP contribution in [0.25, 0.3) is 22.3 Å². The van der Waals surface area contributed by atoms with E-state index < -0.39 is 11.9 Å². The van der Waals surface area contributed by atoms with Crippen molar-refractivity contribution in [3.8, 4) is 22.8 Å². The number of benzene rings is 2. The third kappa shape index (κ3) is 4.38. The zero-order valence-electron chi connectivity index (χ0n) is 16.9. The molecule has 6 heteroatoms. The number of fused-ring (bicyclic) bond motifs is 1. The summed E-state index contributed by atoms with van der Waals surface area (Å²) < 4.78 is 16.3. The van der Waals surface area contributed by atoms with E-state index in [0.717, 1.165) is 0 Å². The molecule has 0 saturated heterocycles. The van der Waals surface area contributed by atoms with Crippen LogP contribution in [0.15, 0.2) is 76.0 Å². The molecule has 6 nitrogen and oxygen atoms in total. The van der Waals surface area contributed by atoms with Crippen LogP contribution in [0.4, 0.5) is 0 Å². The lowest BCUT2D eigenvalue weighted by Gasteiger charge is -2.10. The van der Waals surface area contributed by atoms with Crippen LogP contribution in [0.1, 0.15) is 19.4 Å². The van der Waals surface area contributed by atoms with Gasteiger partial charge in [-0.15, -0.1) is 0 Å². The Hall–Kier alpha value is -3.93. The maximum absolute atomic E-state index is 12.6. The zero-order valence-corrected chi connectivity index (χ0v) is 16.9. The summed E-state index contributed by atoms with van der Waals surface area (Å²) >= 11 is 0. The first-order valence-electron chi connectivity index (χ1n) is 9.10. The third-order valence-corrected chi connectivity index (χ3v) is 4.27. The van der Waals surface area contributed by atoms with Crippen LogP contribution in [-0.4, -0.2) is 11.9 Å². The lowest BCUT2D eigenvalue weighted by molar-refractivity contribution is -0.130. The molecule has 2 aromatic carbocycles. The Kier molecular flexibility index (Phi) is 5.69. The minimum absolute atomic E-state index is 0.232. The van der Waals surface area contributed by atoms with Gasteiger partial charge in [-0.3, -0.25) is 4.79 Å². The van der Waals surface area contributed by atoms with Crippen LogP contribution in [0, 0.1) is 6.92 Å². The fourth-order valence-electron chi connectivity index (χ4n) is 2.64. The maximum atomic E-state index is 12.6. The molecular weight excluding hydrogens is 384 g/mol. The second-order valence-electron chi connectivity index (χ2n) is 6.95. The van der Waals surface area contributed by atoms with Gasteiger partial charge in [-0.2, -0.15) is 0 Å². The van der Waals surface area contributed by atoms with Gasteiger partial charge in [0.2, 0.25) is 0 Å². The summed E-state index contributed by atoms with van der Waals surface area (Å²) in [5, 5.41) is 0.287. The molecule has 3 rings (SSSR count). The average molecular weight is 404 g/mol. The largest absolute Gasteiger partial charge is 0.456 e. The molecule has 0 saturated carbocycles. The van der Waals surface area contributed by atoms with Crippen LogP contribution < -0.4 is 14.9 Å². The van der Waals surface area contributed by atoms with E-state index in [9.17, 15) is 14.4 Å². The Balaban J connectivity index is 1.95. The van der Waals surface area contributed by atoms with Gasteiger partial charge in [-0.25, -0.2) is 9.59 Å². The van der Waals surface area contributed by atoms with Gasteiger partial charge in [-0.1, -0.05) is 13.2 Å². The normalized spacial score (nSPS) is 10.5. The molecule has 0 spiro atoms. The van der Waals surface area contributed by atoms with Crippen molar-refractivity contribution in [2.24, 2.45) is 0 Å². The Labute approximate surface area is 173 Å². The Morgan fingerprint density at radius 1 is 0.900 bits per heavy atom. The van der Waals surface area contributed by atoms with E-state index >= 15 is 0 Å². The fourth-order valence-corrected chi connectivity index (χ4v) is 2.64. The van der Waals surface area contributed by atoms with E-state index in [1.165, 1.54) is 19.1 Å². The Morgan fingerprint density at radius 2 is 1.57 bits per heavy atom. The first-order valence-corrected chi connectivity index (χ1v) is 9.10. The maximum Gasteiger partial charge on any atom is 0.338 e. The van der Waals surface area contributed by atoms with Gasteiger partial charge in [-0.05, 0) is 62.7 Å². The lowest BCUT2D eigenvalue weighted by atomic mass is 10.1. The second kappa shape index (κ2) is 8.21. The lowest BCUT2D eigenvalue weighted by Crippen LogP contribution is -2.09. The highest BCUT2D eigenvalue weighted by atomic mass is 16.5. The highest BCUT2D eigenvalue weighted by molar-refractivity contribution is 5.90. The molecule has 3 aromatic rings. The second-order valence-corrected chi connectivity index (χ2v) is 6.95. The molecule has 0 aliphatic heterocycles. The standard InChI is InChI=1S/C24H20O6/c1-13(2)23(26)28-17-7-9-21-18(11-17)19(25)12-22(29-21)16-6-8-20(15(5)10-16)30-24(27)14(3)4/h6-12H,1,3H2,2,4-5H3. The van der Waals surface area contributed by atoms with Crippen molar-refractivity contribution in [1.29, 1.82) is 0 Å². The van der Waals surface area contributed by atoms with Gasteiger partial charge in [0.15, 0.2) is 5.43 Å². The number of ether oxygens (including phenoxy) is 2. The van der Waals surface area contributed by atoms with E-state index in [-0.39, 0.29) is 22.1 Å². The molecule has 0 radical (unpaired) electrons. The molecule has 1 aromatic heterocycles. The van der Waals surface area contributed by atoms with Crippen molar-refractivity contribution in [3.05, 3.63) is 82.6 Å². The molecule has 30 heavy (non-hydrogen) atoms. The summed E-state index contributed by atoms with van der Waals surface area (Å²) in [6.07, 6.45) is 0. The number of hydrogen-bond acceptors (Lipinski definition) is 6.